The smallest absolute Gasteiger partial charge is 0.264 e. The Morgan fingerprint density at radius 3 is 2.07 bits per heavy atom. The molecule has 5 nitrogen and oxygen atoms in total. The van der Waals surface area contributed by atoms with Crippen LogP contribution < -0.4 is 13.8 Å². The molecule has 0 aliphatic heterocycles. The zero-order valence-corrected chi connectivity index (χ0v) is 17.9. The molecule has 0 spiro atoms. The molecule has 0 radical (unpaired) electrons. The molecule has 0 aromatic heterocycles. The van der Waals surface area contributed by atoms with Crippen LogP contribution in [0.2, 0.25) is 5.02 Å². The topological polar surface area (TPSA) is 55.8 Å². The maximum absolute atomic E-state index is 13.6. The summed E-state index contributed by atoms with van der Waals surface area (Å²) in [6.45, 7) is 1.83. The van der Waals surface area contributed by atoms with Crippen molar-refractivity contribution in [3.8, 4) is 11.5 Å². The van der Waals surface area contributed by atoms with Crippen LogP contribution in [0.25, 0.3) is 0 Å². The number of halogens is 1. The number of rotatable bonds is 7. The van der Waals surface area contributed by atoms with E-state index in [0.29, 0.717) is 22.2 Å². The van der Waals surface area contributed by atoms with Gasteiger partial charge in [0.1, 0.15) is 0 Å². The van der Waals surface area contributed by atoms with E-state index in [2.05, 4.69) is 0 Å². The molecule has 0 bridgehead atoms. The van der Waals surface area contributed by atoms with E-state index in [9.17, 15) is 8.42 Å². The molecule has 1 atom stereocenters. The summed E-state index contributed by atoms with van der Waals surface area (Å²) >= 11 is 6.01. The Hall–Kier alpha value is -2.70. The van der Waals surface area contributed by atoms with Gasteiger partial charge in [0.2, 0.25) is 0 Å². The fraction of sp³-hybridized carbons (Fsp3) is 0.182. The van der Waals surface area contributed by atoms with E-state index in [1.807, 2.05) is 19.1 Å². The monoisotopic (exact) mass is 431 g/mol. The van der Waals surface area contributed by atoms with Gasteiger partial charge in [-0.25, -0.2) is 8.42 Å². The molecule has 0 unspecified atom stereocenters. The molecule has 0 saturated carbocycles. The molecule has 3 aromatic rings. The highest BCUT2D eigenvalue weighted by Gasteiger charge is 2.31. The summed E-state index contributed by atoms with van der Waals surface area (Å²) in [6.07, 6.45) is 0. The van der Waals surface area contributed by atoms with Gasteiger partial charge in [-0.2, -0.15) is 0 Å². The molecule has 3 rings (SSSR count). The minimum Gasteiger partial charge on any atom is -0.493 e. The number of ether oxygens (including phenoxy) is 2. The Bertz CT molecular complexity index is 1070. The standard InChI is InChI=1S/C22H22ClNO4S/c1-16(17-9-11-18(23)12-10-17)24(29(25,26)20-7-5-4-6-8-20)19-13-14-21(27-2)22(15-19)28-3/h4-16H,1-3H3/t16-/m1/s1. The summed E-state index contributed by atoms with van der Waals surface area (Å²) in [4.78, 5) is 0.204. The summed E-state index contributed by atoms with van der Waals surface area (Å²) in [5.74, 6) is 0.967. The summed E-state index contributed by atoms with van der Waals surface area (Å²) in [7, 11) is -0.804. The van der Waals surface area contributed by atoms with E-state index in [4.69, 9.17) is 21.1 Å². The first-order valence-electron chi connectivity index (χ1n) is 8.95. The molecule has 152 valence electrons. The molecule has 3 aromatic carbocycles. The summed E-state index contributed by atoms with van der Waals surface area (Å²) in [5.41, 5.74) is 1.28. The lowest BCUT2D eigenvalue weighted by Gasteiger charge is -2.31. The molecule has 0 saturated heterocycles. The van der Waals surface area contributed by atoms with Gasteiger partial charge in [-0.1, -0.05) is 41.9 Å². The average Bonchev–Trinajstić information content (AvgIpc) is 2.74. The van der Waals surface area contributed by atoms with Gasteiger partial charge in [0.25, 0.3) is 10.0 Å². The Labute approximate surface area is 176 Å². The third-order valence-electron chi connectivity index (χ3n) is 4.63. The maximum atomic E-state index is 13.6. The number of methoxy groups -OCH3 is 2. The lowest BCUT2D eigenvalue weighted by molar-refractivity contribution is 0.355. The van der Waals surface area contributed by atoms with Gasteiger partial charge >= 0.3 is 0 Å². The van der Waals surface area contributed by atoms with Gasteiger partial charge in [-0.05, 0) is 48.9 Å². The number of benzene rings is 3. The highest BCUT2D eigenvalue weighted by atomic mass is 35.5. The van der Waals surface area contributed by atoms with Gasteiger partial charge in [-0.3, -0.25) is 4.31 Å². The van der Waals surface area contributed by atoms with Gasteiger partial charge in [0.15, 0.2) is 11.5 Å². The minimum atomic E-state index is -3.85. The predicted molar refractivity (Wildman–Crippen MR) is 116 cm³/mol. The fourth-order valence-electron chi connectivity index (χ4n) is 3.12. The number of nitrogens with zero attached hydrogens (tertiary/aromatic N) is 1. The summed E-state index contributed by atoms with van der Waals surface area (Å²) in [5, 5.41) is 0.588. The summed E-state index contributed by atoms with van der Waals surface area (Å²) < 4.78 is 39.2. The highest BCUT2D eigenvalue weighted by Crippen LogP contribution is 2.38. The van der Waals surface area contributed by atoms with Crippen LogP contribution >= 0.6 is 11.6 Å². The second-order valence-corrected chi connectivity index (χ2v) is 8.63. The zero-order chi connectivity index (χ0) is 21.0. The summed E-state index contributed by atoms with van der Waals surface area (Å²) in [6, 6.07) is 20.0. The Morgan fingerprint density at radius 1 is 0.862 bits per heavy atom. The molecular weight excluding hydrogens is 410 g/mol. The van der Waals surface area contributed by atoms with Crippen molar-refractivity contribution in [2.45, 2.75) is 17.9 Å². The maximum Gasteiger partial charge on any atom is 0.264 e. The first-order chi connectivity index (χ1) is 13.9. The van der Waals surface area contributed by atoms with Crippen molar-refractivity contribution < 1.29 is 17.9 Å². The third-order valence-corrected chi connectivity index (χ3v) is 6.79. The number of sulfonamides is 1. The van der Waals surface area contributed by atoms with Gasteiger partial charge in [0.05, 0.1) is 30.8 Å². The van der Waals surface area contributed by atoms with E-state index in [-0.39, 0.29) is 4.90 Å². The molecule has 0 aliphatic rings. The van der Waals surface area contributed by atoms with E-state index >= 15 is 0 Å². The van der Waals surface area contributed by atoms with Gasteiger partial charge in [-0.15, -0.1) is 0 Å². The van der Waals surface area contributed by atoms with Crippen molar-refractivity contribution >= 4 is 27.3 Å². The van der Waals surface area contributed by atoms with Crippen molar-refractivity contribution in [3.63, 3.8) is 0 Å². The molecule has 0 heterocycles. The van der Waals surface area contributed by atoms with Crippen LogP contribution in [0, 0.1) is 0 Å². The second-order valence-electron chi connectivity index (χ2n) is 6.38. The average molecular weight is 432 g/mol. The number of anilines is 1. The van der Waals surface area contributed by atoms with Crippen LogP contribution in [0.15, 0.2) is 77.7 Å². The van der Waals surface area contributed by atoms with Crippen molar-refractivity contribution in [3.05, 3.63) is 83.4 Å². The van der Waals surface area contributed by atoms with Crippen molar-refractivity contribution in [1.29, 1.82) is 0 Å². The molecular formula is C22H22ClNO4S. The van der Waals surface area contributed by atoms with E-state index in [1.54, 1.807) is 60.7 Å². The fourth-order valence-corrected chi connectivity index (χ4v) is 4.90. The minimum absolute atomic E-state index is 0.204. The van der Waals surface area contributed by atoms with E-state index in [1.165, 1.54) is 18.5 Å². The van der Waals surface area contributed by atoms with Crippen LogP contribution in [0.5, 0.6) is 11.5 Å². The highest BCUT2D eigenvalue weighted by molar-refractivity contribution is 7.92. The molecule has 0 aliphatic carbocycles. The van der Waals surface area contributed by atoms with Crippen LogP contribution in [-0.4, -0.2) is 22.6 Å². The Morgan fingerprint density at radius 2 is 1.48 bits per heavy atom. The number of hydrogen-bond acceptors (Lipinski definition) is 4. The molecule has 0 N–H and O–H groups in total. The lowest BCUT2D eigenvalue weighted by Crippen LogP contribution is -2.33. The van der Waals surface area contributed by atoms with Crippen molar-refractivity contribution in [1.82, 2.24) is 0 Å². The molecule has 0 amide bonds. The lowest BCUT2D eigenvalue weighted by atomic mass is 10.1. The zero-order valence-electron chi connectivity index (χ0n) is 16.4. The first-order valence-corrected chi connectivity index (χ1v) is 10.8. The third kappa shape index (κ3) is 4.33. The first kappa shape index (κ1) is 21.0. The predicted octanol–water partition coefficient (Wildman–Crippen LogP) is 5.31. The second kappa shape index (κ2) is 8.76. The van der Waals surface area contributed by atoms with Crippen molar-refractivity contribution in [2.24, 2.45) is 0 Å². The number of hydrogen-bond donors (Lipinski definition) is 0. The van der Waals surface area contributed by atoms with Crippen molar-refractivity contribution in [2.75, 3.05) is 18.5 Å². The van der Waals surface area contributed by atoms with E-state index in [0.717, 1.165) is 5.56 Å². The van der Waals surface area contributed by atoms with E-state index < -0.39 is 16.1 Å². The molecule has 29 heavy (non-hydrogen) atoms. The van der Waals surface area contributed by atoms with Gasteiger partial charge < -0.3 is 9.47 Å². The quantitative estimate of drug-likeness (QED) is 0.508. The van der Waals surface area contributed by atoms with Gasteiger partial charge in [0, 0.05) is 11.1 Å². The van der Waals surface area contributed by atoms with Crippen LogP contribution in [0.4, 0.5) is 5.69 Å². The largest absolute Gasteiger partial charge is 0.493 e. The Balaban J connectivity index is 2.18. The van der Waals surface area contributed by atoms with Crippen LogP contribution in [0.3, 0.4) is 0 Å². The Kier molecular flexibility index (Phi) is 6.35. The molecule has 7 heteroatoms. The normalized spacial score (nSPS) is 12.3. The molecule has 0 fully saturated rings. The van der Waals surface area contributed by atoms with Crippen LogP contribution in [-0.2, 0) is 10.0 Å². The SMILES string of the molecule is COc1ccc(N([C@H](C)c2ccc(Cl)cc2)S(=O)(=O)c2ccccc2)cc1OC. The van der Waals surface area contributed by atoms with Crippen LogP contribution in [0.1, 0.15) is 18.5 Å².